The van der Waals surface area contributed by atoms with E-state index in [1.165, 1.54) is 0 Å². The minimum Gasteiger partial charge on any atom is -0.465 e. The molecule has 0 bridgehead atoms. The molecule has 2 nitrogen and oxygen atoms in total. The molecular formula is C10H18O2S. The Morgan fingerprint density at radius 3 is 2.23 bits per heavy atom. The van der Waals surface area contributed by atoms with Crippen LogP contribution in [0.15, 0.2) is 0 Å². The highest BCUT2D eigenvalue weighted by molar-refractivity contribution is 7.80. The average Bonchev–Trinajstić information content (AvgIpc) is 2.15. The van der Waals surface area contributed by atoms with E-state index < -0.39 is 5.41 Å². The van der Waals surface area contributed by atoms with E-state index in [1.54, 1.807) is 0 Å². The van der Waals surface area contributed by atoms with E-state index in [0.29, 0.717) is 13.0 Å². The predicted molar refractivity (Wildman–Crippen MR) is 57.9 cm³/mol. The summed E-state index contributed by atoms with van der Waals surface area (Å²) in [6, 6.07) is 0. The fraction of sp³-hybridized carbons (Fsp3) is 0.800. The summed E-state index contributed by atoms with van der Waals surface area (Å²) in [4.78, 5) is 12.4. The number of thiocarbonyl (C=S) groups is 1. The quantitative estimate of drug-likeness (QED) is 0.506. The van der Waals surface area contributed by atoms with Crippen molar-refractivity contribution in [1.82, 2.24) is 0 Å². The Kier molecular flexibility index (Phi) is 5.14. The molecule has 0 aliphatic rings. The third kappa shape index (κ3) is 2.76. The van der Waals surface area contributed by atoms with E-state index in [2.05, 4.69) is 0 Å². The summed E-state index contributed by atoms with van der Waals surface area (Å²) < 4.78 is 4.99. The van der Waals surface area contributed by atoms with Crippen LogP contribution in [0.25, 0.3) is 0 Å². The molecule has 0 saturated carbocycles. The fourth-order valence-electron chi connectivity index (χ4n) is 1.14. The van der Waals surface area contributed by atoms with Gasteiger partial charge in [0, 0.05) is 4.86 Å². The summed E-state index contributed by atoms with van der Waals surface area (Å²) in [5.74, 6) is -0.190. The number of hydrogen-bond donors (Lipinski definition) is 0. The van der Waals surface area contributed by atoms with Crippen molar-refractivity contribution in [2.24, 2.45) is 5.41 Å². The van der Waals surface area contributed by atoms with Gasteiger partial charge in [0.2, 0.25) is 0 Å². The van der Waals surface area contributed by atoms with Gasteiger partial charge in [-0.15, -0.1) is 0 Å². The van der Waals surface area contributed by atoms with Gasteiger partial charge in [0.15, 0.2) is 0 Å². The molecule has 0 rings (SSSR count). The summed E-state index contributed by atoms with van der Waals surface area (Å²) in [5.41, 5.74) is -0.569. The minimum atomic E-state index is -0.569. The zero-order chi connectivity index (χ0) is 10.5. The van der Waals surface area contributed by atoms with Gasteiger partial charge in [-0.2, -0.15) is 0 Å². The van der Waals surface area contributed by atoms with Crippen molar-refractivity contribution in [1.29, 1.82) is 0 Å². The smallest absolute Gasteiger partial charge is 0.316 e. The van der Waals surface area contributed by atoms with Crippen molar-refractivity contribution in [2.45, 2.75) is 40.5 Å². The Morgan fingerprint density at radius 1 is 1.38 bits per heavy atom. The Labute approximate surface area is 85.7 Å². The highest BCUT2D eigenvalue weighted by Gasteiger charge is 2.36. The molecule has 0 saturated heterocycles. The van der Waals surface area contributed by atoms with Crippen LogP contribution in [0, 0.1) is 5.41 Å². The molecule has 0 fully saturated rings. The first-order valence-corrected chi connectivity index (χ1v) is 5.14. The molecule has 3 heteroatoms. The Bertz CT molecular complexity index is 201. The first-order chi connectivity index (χ1) is 6.02. The van der Waals surface area contributed by atoms with Crippen LogP contribution >= 0.6 is 12.2 Å². The molecule has 0 aromatic heterocycles. The zero-order valence-corrected chi connectivity index (χ0v) is 9.66. The van der Waals surface area contributed by atoms with Gasteiger partial charge in [0.1, 0.15) is 0 Å². The molecule has 0 aromatic rings. The lowest BCUT2D eigenvalue weighted by molar-refractivity contribution is -0.150. The first kappa shape index (κ1) is 12.6. The largest absolute Gasteiger partial charge is 0.465 e. The number of rotatable bonds is 5. The molecule has 0 heterocycles. The molecule has 0 aromatic carbocycles. The van der Waals surface area contributed by atoms with E-state index in [9.17, 15) is 4.79 Å². The second kappa shape index (κ2) is 5.32. The molecule has 1 unspecified atom stereocenters. The maximum absolute atomic E-state index is 11.6. The third-order valence-corrected chi connectivity index (χ3v) is 3.11. The van der Waals surface area contributed by atoms with Gasteiger partial charge in [-0.3, -0.25) is 4.79 Å². The fourth-order valence-corrected chi connectivity index (χ4v) is 1.36. The molecule has 0 N–H and O–H groups in total. The van der Waals surface area contributed by atoms with Crippen molar-refractivity contribution in [3.05, 3.63) is 0 Å². The van der Waals surface area contributed by atoms with Crippen molar-refractivity contribution in [3.8, 4) is 0 Å². The number of carbonyl (C=O) groups is 1. The monoisotopic (exact) mass is 202 g/mol. The molecule has 13 heavy (non-hydrogen) atoms. The number of ether oxygens (including phenoxy) is 1. The van der Waals surface area contributed by atoms with Crippen molar-refractivity contribution < 1.29 is 9.53 Å². The van der Waals surface area contributed by atoms with E-state index in [-0.39, 0.29) is 5.97 Å². The molecule has 0 spiro atoms. The zero-order valence-electron chi connectivity index (χ0n) is 8.85. The summed E-state index contributed by atoms with van der Waals surface area (Å²) >= 11 is 5.18. The van der Waals surface area contributed by atoms with Crippen LogP contribution in [0.3, 0.4) is 0 Å². The van der Waals surface area contributed by atoms with Gasteiger partial charge >= 0.3 is 5.97 Å². The normalized spacial score (nSPS) is 14.8. The number of hydrogen-bond acceptors (Lipinski definition) is 3. The molecule has 0 aliphatic carbocycles. The van der Waals surface area contributed by atoms with Gasteiger partial charge in [-0.05, 0) is 26.7 Å². The Hall–Kier alpha value is -0.440. The van der Waals surface area contributed by atoms with Crippen molar-refractivity contribution >= 4 is 23.1 Å². The van der Waals surface area contributed by atoms with Crippen LogP contribution in [0.2, 0.25) is 0 Å². The van der Waals surface area contributed by atoms with Gasteiger partial charge in [-0.1, -0.05) is 26.1 Å². The first-order valence-electron chi connectivity index (χ1n) is 4.73. The molecule has 76 valence electrons. The van der Waals surface area contributed by atoms with E-state index in [0.717, 1.165) is 11.3 Å². The lowest BCUT2D eigenvalue weighted by Gasteiger charge is -2.25. The molecule has 0 aliphatic heterocycles. The average molecular weight is 202 g/mol. The van der Waals surface area contributed by atoms with Crippen LogP contribution < -0.4 is 0 Å². The van der Waals surface area contributed by atoms with E-state index >= 15 is 0 Å². The predicted octanol–water partition coefficient (Wildman–Crippen LogP) is 2.75. The lowest BCUT2D eigenvalue weighted by atomic mass is 9.83. The molecular weight excluding hydrogens is 184 g/mol. The SMILES string of the molecule is CCOC(=O)C(C)(CC)C(=S)CC. The second-order valence-corrected chi connectivity index (χ2v) is 3.68. The van der Waals surface area contributed by atoms with Gasteiger partial charge in [-0.25, -0.2) is 0 Å². The number of esters is 1. The Balaban J connectivity index is 4.61. The minimum absolute atomic E-state index is 0.190. The molecule has 0 radical (unpaired) electrons. The summed E-state index contributed by atoms with van der Waals surface area (Å²) in [6.45, 7) is 8.01. The Morgan fingerprint density at radius 2 is 1.92 bits per heavy atom. The molecule has 1 atom stereocenters. The topological polar surface area (TPSA) is 26.3 Å². The highest BCUT2D eigenvalue weighted by Crippen LogP contribution is 2.27. The van der Waals surface area contributed by atoms with Gasteiger partial charge in [0.25, 0.3) is 0 Å². The lowest BCUT2D eigenvalue weighted by Crippen LogP contribution is -2.36. The van der Waals surface area contributed by atoms with E-state index in [1.807, 2.05) is 27.7 Å². The van der Waals surface area contributed by atoms with Crippen molar-refractivity contribution in [2.75, 3.05) is 6.61 Å². The maximum atomic E-state index is 11.6. The molecule has 0 amide bonds. The summed E-state index contributed by atoms with van der Waals surface area (Å²) in [7, 11) is 0. The standard InChI is InChI=1S/C10H18O2S/c1-5-8(13)10(4,6-2)9(11)12-7-3/h5-7H2,1-4H3. The van der Waals surface area contributed by atoms with Crippen LogP contribution in [0.1, 0.15) is 40.5 Å². The van der Waals surface area contributed by atoms with Crippen LogP contribution in [0.5, 0.6) is 0 Å². The highest BCUT2D eigenvalue weighted by atomic mass is 32.1. The van der Waals surface area contributed by atoms with Gasteiger partial charge < -0.3 is 4.74 Å². The number of carbonyl (C=O) groups excluding carboxylic acids is 1. The second-order valence-electron chi connectivity index (χ2n) is 3.18. The van der Waals surface area contributed by atoms with Crippen molar-refractivity contribution in [3.63, 3.8) is 0 Å². The van der Waals surface area contributed by atoms with Crippen LogP contribution in [0.4, 0.5) is 0 Å². The maximum Gasteiger partial charge on any atom is 0.316 e. The van der Waals surface area contributed by atoms with Crippen LogP contribution in [-0.4, -0.2) is 17.4 Å². The van der Waals surface area contributed by atoms with Gasteiger partial charge in [0.05, 0.1) is 12.0 Å². The summed E-state index contributed by atoms with van der Waals surface area (Å²) in [6.07, 6.45) is 1.46. The summed E-state index contributed by atoms with van der Waals surface area (Å²) in [5, 5.41) is 0. The van der Waals surface area contributed by atoms with Crippen LogP contribution in [-0.2, 0) is 9.53 Å². The van der Waals surface area contributed by atoms with E-state index in [4.69, 9.17) is 17.0 Å². The third-order valence-electron chi connectivity index (χ3n) is 2.37.